The van der Waals surface area contributed by atoms with E-state index in [1.54, 1.807) is 0 Å². The average Bonchev–Trinajstić information content (AvgIpc) is 1.96. The molecule has 70 valence electrons. The number of ether oxygens (including phenoxy) is 1. The quantitative estimate of drug-likeness (QED) is 0.167. The maximum atomic E-state index is 10.3. The van der Waals surface area contributed by atoms with Crippen molar-refractivity contribution in [2.24, 2.45) is 0 Å². The van der Waals surface area contributed by atoms with Gasteiger partial charge in [-0.1, -0.05) is 6.58 Å². The third-order valence-electron chi connectivity index (χ3n) is 0.749. The number of esters is 1. The molecule has 1 unspecified atom stereocenters. The van der Waals surface area contributed by atoms with Gasteiger partial charge in [-0.25, -0.2) is 4.79 Å². The van der Waals surface area contributed by atoms with E-state index in [-0.39, 0.29) is 36.2 Å². The Hall–Kier alpha value is 0.320. The molecule has 1 atom stereocenters. The van der Waals surface area contributed by atoms with Crippen molar-refractivity contribution >= 4 is 13.8 Å². The Balaban J connectivity index is 0. The van der Waals surface area contributed by atoms with Gasteiger partial charge in [0.15, 0.2) is 0 Å². The number of hydrogen-bond donors (Lipinski definition) is 1. The smallest absolute Gasteiger partial charge is 0.756 e. The molecule has 0 aromatic carbocycles. The number of carbonyl (C=O) groups is 1. The maximum Gasteiger partial charge on any atom is 1.00 e. The second-order valence-corrected chi connectivity index (χ2v) is 2.87. The molecule has 13 heavy (non-hydrogen) atoms. The summed E-state index contributed by atoms with van der Waals surface area (Å²) in [5, 5.41) is 0. The van der Waals surface area contributed by atoms with Crippen molar-refractivity contribution in [3.63, 3.8) is 0 Å². The maximum absolute atomic E-state index is 10.3. The van der Waals surface area contributed by atoms with Crippen LogP contribution in [0.15, 0.2) is 12.7 Å². The van der Waals surface area contributed by atoms with Gasteiger partial charge in [-0.05, 0) is 0 Å². The molecule has 0 heterocycles. The van der Waals surface area contributed by atoms with Crippen LogP contribution in [0.1, 0.15) is 0 Å². The van der Waals surface area contributed by atoms with Gasteiger partial charge in [0.1, 0.15) is 6.61 Å². The van der Waals surface area contributed by atoms with Crippen LogP contribution in [0.3, 0.4) is 0 Å². The van der Waals surface area contributed by atoms with Crippen LogP contribution >= 0.6 is 7.82 Å². The second-order valence-electron chi connectivity index (χ2n) is 1.67. The van der Waals surface area contributed by atoms with Crippen molar-refractivity contribution in [1.82, 2.24) is 0 Å². The monoisotopic (exact) mass is 218 g/mol. The summed E-state index contributed by atoms with van der Waals surface area (Å²) in [4.78, 5) is 28.3. The minimum absolute atomic E-state index is 0. The van der Waals surface area contributed by atoms with E-state index in [0.29, 0.717) is 0 Å². The van der Waals surface area contributed by atoms with Gasteiger partial charge in [-0.15, -0.1) is 0 Å². The first-order chi connectivity index (χ1) is 5.45. The Bertz CT molecular complexity index is 211. The van der Waals surface area contributed by atoms with Gasteiger partial charge in [-0.3, -0.25) is 4.57 Å². The topological polar surface area (TPSA) is 95.9 Å². The van der Waals surface area contributed by atoms with E-state index in [0.717, 1.165) is 6.08 Å². The molecule has 0 aliphatic heterocycles. The molecule has 0 radical (unpaired) electrons. The minimum Gasteiger partial charge on any atom is -0.756 e. The summed E-state index contributed by atoms with van der Waals surface area (Å²) in [6, 6.07) is 0. The van der Waals surface area contributed by atoms with E-state index < -0.39 is 20.4 Å². The molecule has 0 aromatic heterocycles. The fourth-order valence-corrected chi connectivity index (χ4v) is 0.659. The molecule has 0 saturated carbocycles. The summed E-state index contributed by atoms with van der Waals surface area (Å²) in [7, 11) is -4.70. The first-order valence-corrected chi connectivity index (χ1v) is 4.43. The van der Waals surface area contributed by atoms with Gasteiger partial charge in [-0.2, -0.15) is 0 Å². The number of carbonyl (C=O) groups excluding carboxylic acids is 1. The summed E-state index contributed by atoms with van der Waals surface area (Å²) >= 11 is 0. The average molecular weight is 218 g/mol. The zero-order valence-corrected chi connectivity index (χ0v) is 10.0. The molecule has 0 saturated heterocycles. The van der Waals surface area contributed by atoms with E-state index >= 15 is 0 Å². The molecule has 0 bridgehead atoms. The van der Waals surface area contributed by atoms with Gasteiger partial charge in [0, 0.05) is 6.08 Å². The molecule has 0 aliphatic rings. The van der Waals surface area contributed by atoms with Gasteiger partial charge in [0.25, 0.3) is 7.82 Å². The molecule has 1 N–H and O–H groups in total. The van der Waals surface area contributed by atoms with Gasteiger partial charge in [0.05, 0.1) is 6.61 Å². The van der Waals surface area contributed by atoms with Crippen molar-refractivity contribution in [2.45, 2.75) is 0 Å². The Morgan fingerprint density at radius 2 is 2.15 bits per heavy atom. The van der Waals surface area contributed by atoms with Crippen LogP contribution in [0, 0.1) is 0 Å². The molecular weight excluding hydrogens is 210 g/mol. The van der Waals surface area contributed by atoms with E-state index in [9.17, 15) is 14.3 Å². The van der Waals surface area contributed by atoms with E-state index in [1.807, 2.05) is 0 Å². The Kier molecular flexibility index (Phi) is 9.34. The molecule has 8 heteroatoms. The SMILES string of the molecule is C=CC(=O)OCCOP(=O)([O-])O.[Na+]. The van der Waals surface area contributed by atoms with Crippen molar-refractivity contribution in [1.29, 1.82) is 0 Å². The van der Waals surface area contributed by atoms with Gasteiger partial charge >= 0.3 is 35.5 Å². The Morgan fingerprint density at radius 3 is 2.54 bits per heavy atom. The molecule has 6 nitrogen and oxygen atoms in total. The fraction of sp³-hybridized carbons (Fsp3) is 0.400. The van der Waals surface area contributed by atoms with E-state index in [2.05, 4.69) is 15.8 Å². The van der Waals surface area contributed by atoms with Crippen molar-refractivity contribution in [3.8, 4) is 0 Å². The molecule has 0 rings (SSSR count). The fourth-order valence-electron chi connectivity index (χ4n) is 0.354. The third-order valence-corrected chi connectivity index (χ3v) is 1.26. The number of hydrogen-bond acceptors (Lipinski definition) is 5. The Morgan fingerprint density at radius 1 is 1.62 bits per heavy atom. The third kappa shape index (κ3) is 12.3. The van der Waals surface area contributed by atoms with Crippen LogP contribution < -0.4 is 34.5 Å². The van der Waals surface area contributed by atoms with E-state index in [4.69, 9.17) is 4.89 Å². The molecule has 0 spiro atoms. The first kappa shape index (κ1) is 15.8. The second kappa shape index (κ2) is 7.70. The van der Waals surface area contributed by atoms with Crippen LogP contribution in [0.4, 0.5) is 0 Å². The normalized spacial score (nSPS) is 13.7. The molecular formula is C5H8NaO6P. The van der Waals surface area contributed by atoms with Crippen LogP contribution in [0.5, 0.6) is 0 Å². The summed E-state index contributed by atoms with van der Waals surface area (Å²) in [6.07, 6.45) is 0.926. The Labute approximate surface area is 97.4 Å². The van der Waals surface area contributed by atoms with Crippen LogP contribution in [0.25, 0.3) is 0 Å². The summed E-state index contributed by atoms with van der Waals surface area (Å²) < 4.78 is 18.1. The molecule has 0 amide bonds. The predicted molar refractivity (Wildman–Crippen MR) is 36.9 cm³/mol. The molecule has 0 fully saturated rings. The zero-order valence-electron chi connectivity index (χ0n) is 7.13. The van der Waals surface area contributed by atoms with Crippen molar-refractivity contribution < 1.29 is 58.0 Å². The largest absolute Gasteiger partial charge is 1.00 e. The number of phosphoric ester groups is 1. The number of rotatable bonds is 5. The summed E-state index contributed by atoms with van der Waals surface area (Å²) in [5.41, 5.74) is 0. The minimum atomic E-state index is -4.70. The van der Waals surface area contributed by atoms with Crippen LogP contribution in [-0.2, 0) is 18.6 Å². The standard InChI is InChI=1S/C5H9O6P.Na/c1-2-5(6)10-3-4-11-12(7,8)9;/h2H,1,3-4H2,(H2,7,8,9);/q;+1/p-1. The van der Waals surface area contributed by atoms with Gasteiger partial charge < -0.3 is 19.0 Å². The van der Waals surface area contributed by atoms with Crippen LogP contribution in [-0.4, -0.2) is 24.1 Å². The van der Waals surface area contributed by atoms with E-state index in [1.165, 1.54) is 0 Å². The molecule has 0 aromatic rings. The summed E-state index contributed by atoms with van der Waals surface area (Å²) in [6.45, 7) is 2.45. The zero-order chi connectivity index (χ0) is 9.61. The first-order valence-electron chi connectivity index (χ1n) is 2.93. The van der Waals surface area contributed by atoms with Gasteiger partial charge in [0.2, 0.25) is 0 Å². The van der Waals surface area contributed by atoms with Crippen LogP contribution in [0.2, 0.25) is 0 Å². The summed E-state index contributed by atoms with van der Waals surface area (Å²) in [5.74, 6) is -0.683. The number of phosphoric acid groups is 1. The molecule has 0 aliphatic carbocycles. The van der Waals surface area contributed by atoms with Crippen molar-refractivity contribution in [2.75, 3.05) is 13.2 Å². The van der Waals surface area contributed by atoms with Crippen molar-refractivity contribution in [3.05, 3.63) is 12.7 Å². The predicted octanol–water partition coefficient (Wildman–Crippen LogP) is -3.80.